The number of benzene rings is 2. The smallest absolute Gasteiger partial charge is 0.250 e. The van der Waals surface area contributed by atoms with E-state index in [0.29, 0.717) is 17.1 Å². The Balaban J connectivity index is 1.93. The Kier molecular flexibility index (Phi) is 4.90. The number of rotatable bonds is 3. The van der Waals surface area contributed by atoms with Crippen molar-refractivity contribution in [3.63, 3.8) is 0 Å². The van der Waals surface area contributed by atoms with Crippen LogP contribution in [0.4, 0.5) is 0 Å². The third kappa shape index (κ3) is 3.45. The van der Waals surface area contributed by atoms with Crippen LogP contribution in [0.3, 0.4) is 0 Å². The van der Waals surface area contributed by atoms with E-state index in [2.05, 4.69) is 33.9 Å². The molecule has 0 amide bonds. The average Bonchev–Trinajstić information content (AvgIpc) is 2.57. The fourth-order valence-electron chi connectivity index (χ4n) is 3.01. The van der Waals surface area contributed by atoms with Gasteiger partial charge in [-0.3, -0.25) is 0 Å². The minimum absolute atomic E-state index is 0.00215. The second-order valence-electron chi connectivity index (χ2n) is 8.88. The lowest BCUT2D eigenvalue weighted by atomic mass is 9.82. The topological polar surface area (TPSA) is 99.4 Å². The molecule has 0 aliphatic carbocycles. The first-order valence-electron chi connectivity index (χ1n) is 9.24. The molecule has 1 heterocycles. The van der Waals surface area contributed by atoms with Crippen LogP contribution in [0.1, 0.15) is 38.0 Å². The summed E-state index contributed by atoms with van der Waals surface area (Å²) < 4.78 is 11.7. The van der Waals surface area contributed by atoms with Gasteiger partial charge in [-0.15, -0.1) is 0 Å². The number of phenols is 2. The lowest BCUT2D eigenvalue weighted by Gasteiger charge is -2.39. The predicted molar refractivity (Wildman–Crippen MR) is 108 cm³/mol. The highest BCUT2D eigenvalue weighted by atomic mass is 28.4. The van der Waals surface area contributed by atoms with E-state index >= 15 is 0 Å². The molecule has 0 saturated carbocycles. The average molecular weight is 405 g/mol. The van der Waals surface area contributed by atoms with Crippen LogP contribution in [0.2, 0.25) is 18.1 Å². The number of aromatic hydroxyl groups is 2. The first-order valence-corrected chi connectivity index (χ1v) is 12.1. The number of phenolic OH excluding ortho intramolecular Hbond substituents is 2. The maximum absolute atomic E-state index is 11.1. The molecular weight excluding hydrogens is 376 g/mol. The van der Waals surface area contributed by atoms with Gasteiger partial charge in [0.2, 0.25) is 8.32 Å². The van der Waals surface area contributed by atoms with Crippen molar-refractivity contribution in [3.05, 3.63) is 47.5 Å². The minimum atomic E-state index is -2.08. The fraction of sp³-hybridized carbons (Fsp3) is 0.429. The molecule has 7 heteroatoms. The molecule has 152 valence electrons. The molecule has 0 fully saturated rings. The van der Waals surface area contributed by atoms with E-state index in [1.807, 2.05) is 0 Å². The van der Waals surface area contributed by atoms with Crippen molar-refractivity contribution in [1.82, 2.24) is 0 Å². The van der Waals surface area contributed by atoms with Crippen molar-refractivity contribution in [1.29, 1.82) is 0 Å². The van der Waals surface area contributed by atoms with Crippen LogP contribution in [0, 0.1) is 0 Å². The van der Waals surface area contributed by atoms with Crippen molar-refractivity contribution >= 4 is 8.32 Å². The van der Waals surface area contributed by atoms with E-state index in [1.54, 1.807) is 12.1 Å². The van der Waals surface area contributed by atoms with Gasteiger partial charge in [0, 0.05) is 23.3 Å². The third-order valence-corrected chi connectivity index (χ3v) is 10.2. The molecule has 3 rings (SSSR count). The normalized spacial score (nSPS) is 22.3. The number of aliphatic hydroxyl groups is 2. The summed E-state index contributed by atoms with van der Waals surface area (Å²) in [6, 6.07) is 8.99. The molecule has 2 aromatic carbocycles. The maximum atomic E-state index is 11.1. The second-order valence-corrected chi connectivity index (χ2v) is 13.6. The zero-order valence-electron chi connectivity index (χ0n) is 16.9. The Morgan fingerprint density at radius 1 is 1.11 bits per heavy atom. The zero-order valence-corrected chi connectivity index (χ0v) is 17.9. The molecule has 1 aliphatic rings. The van der Waals surface area contributed by atoms with Crippen LogP contribution < -0.4 is 9.16 Å². The highest BCUT2D eigenvalue weighted by Crippen LogP contribution is 2.47. The van der Waals surface area contributed by atoms with E-state index < -0.39 is 20.0 Å². The maximum Gasteiger partial charge on any atom is 0.250 e. The standard InChI is InChI=1S/C21H28O6Si/c1-20(2,3)28(4,5)27-14-7-9-16(17(23)11-14)21(25)12-26-18-10-13(22)6-8-15(18)19(21)24/h6-11,19,22-25H,12H2,1-5H3. The lowest BCUT2D eigenvalue weighted by Crippen LogP contribution is -2.44. The van der Waals surface area contributed by atoms with E-state index in [-0.39, 0.29) is 28.7 Å². The van der Waals surface area contributed by atoms with Gasteiger partial charge in [0.1, 0.15) is 35.7 Å². The molecule has 0 bridgehead atoms. The number of hydrogen-bond acceptors (Lipinski definition) is 6. The number of hydrogen-bond donors (Lipinski definition) is 4. The molecule has 0 spiro atoms. The Morgan fingerprint density at radius 2 is 1.79 bits per heavy atom. The summed E-state index contributed by atoms with van der Waals surface area (Å²) >= 11 is 0. The van der Waals surface area contributed by atoms with Crippen LogP contribution in [0.25, 0.3) is 0 Å². The van der Waals surface area contributed by atoms with Crippen molar-refractivity contribution in [3.8, 4) is 23.0 Å². The summed E-state index contributed by atoms with van der Waals surface area (Å²) in [7, 11) is -2.08. The molecule has 2 unspecified atom stereocenters. The van der Waals surface area contributed by atoms with E-state index in [4.69, 9.17) is 9.16 Å². The van der Waals surface area contributed by atoms with Crippen LogP contribution in [0.15, 0.2) is 36.4 Å². The van der Waals surface area contributed by atoms with Crippen molar-refractivity contribution in [2.45, 2.75) is 50.6 Å². The summed E-state index contributed by atoms with van der Waals surface area (Å²) in [5, 5.41) is 42.1. The van der Waals surface area contributed by atoms with Gasteiger partial charge in [-0.25, -0.2) is 0 Å². The molecule has 6 nitrogen and oxygen atoms in total. The summed E-state index contributed by atoms with van der Waals surface area (Å²) in [6.45, 7) is 10.3. The predicted octanol–water partition coefficient (Wildman–Crippen LogP) is 3.80. The number of fused-ring (bicyclic) bond motifs is 1. The zero-order chi connectivity index (χ0) is 20.9. The largest absolute Gasteiger partial charge is 0.543 e. The lowest BCUT2D eigenvalue weighted by molar-refractivity contribution is -0.122. The van der Waals surface area contributed by atoms with Crippen LogP contribution >= 0.6 is 0 Å². The van der Waals surface area contributed by atoms with Gasteiger partial charge in [0.05, 0.1) is 0 Å². The Morgan fingerprint density at radius 3 is 2.39 bits per heavy atom. The van der Waals surface area contributed by atoms with E-state index in [9.17, 15) is 20.4 Å². The van der Waals surface area contributed by atoms with Crippen molar-refractivity contribution in [2.75, 3.05) is 6.61 Å². The molecule has 0 radical (unpaired) electrons. The van der Waals surface area contributed by atoms with Crippen LogP contribution in [-0.2, 0) is 5.60 Å². The SMILES string of the molecule is CC(C)(C)[Si](C)(C)Oc1ccc(C2(O)COc3cc(O)ccc3C2O)c(O)c1. The van der Waals surface area contributed by atoms with Crippen molar-refractivity contribution in [2.24, 2.45) is 0 Å². The van der Waals surface area contributed by atoms with Gasteiger partial charge in [-0.05, 0) is 42.4 Å². The molecule has 28 heavy (non-hydrogen) atoms. The van der Waals surface area contributed by atoms with E-state index in [0.717, 1.165) is 0 Å². The second kappa shape index (κ2) is 6.68. The molecule has 2 aromatic rings. The summed E-state index contributed by atoms with van der Waals surface area (Å²) in [4.78, 5) is 0. The van der Waals surface area contributed by atoms with E-state index in [1.165, 1.54) is 24.3 Å². The minimum Gasteiger partial charge on any atom is -0.543 e. The molecule has 1 aliphatic heterocycles. The van der Waals surface area contributed by atoms with Gasteiger partial charge >= 0.3 is 0 Å². The van der Waals surface area contributed by atoms with Gasteiger partial charge in [-0.1, -0.05) is 20.8 Å². The summed E-state index contributed by atoms with van der Waals surface area (Å²) in [6.07, 6.45) is -1.32. The molecular formula is C21H28O6Si. The van der Waals surface area contributed by atoms with Crippen molar-refractivity contribution < 1.29 is 29.6 Å². The Bertz CT molecular complexity index is 889. The first kappa shape index (κ1) is 20.5. The number of aliphatic hydroxyl groups excluding tert-OH is 1. The molecule has 4 N–H and O–H groups in total. The van der Waals surface area contributed by atoms with Gasteiger partial charge in [0.25, 0.3) is 0 Å². The monoisotopic (exact) mass is 404 g/mol. The summed E-state index contributed by atoms with van der Waals surface area (Å²) in [5.74, 6) is 0.650. The van der Waals surface area contributed by atoms with Crippen LogP contribution in [-0.4, -0.2) is 35.4 Å². The molecule has 2 atom stereocenters. The fourth-order valence-corrected chi connectivity index (χ4v) is 4.03. The highest BCUT2D eigenvalue weighted by molar-refractivity contribution is 6.74. The van der Waals surface area contributed by atoms with Crippen LogP contribution in [0.5, 0.6) is 23.0 Å². The molecule has 0 aromatic heterocycles. The Hall–Kier alpha value is -2.22. The van der Waals surface area contributed by atoms with Gasteiger partial charge in [0.15, 0.2) is 5.60 Å². The summed E-state index contributed by atoms with van der Waals surface area (Å²) in [5.41, 5.74) is -1.34. The molecule has 0 saturated heterocycles. The quantitative estimate of drug-likeness (QED) is 0.581. The number of ether oxygens (including phenoxy) is 1. The first-order chi connectivity index (χ1) is 12.8. The third-order valence-electron chi connectivity index (χ3n) is 5.81. The van der Waals surface area contributed by atoms with Gasteiger partial charge < -0.3 is 29.6 Å². The Labute approximate surface area is 166 Å². The highest BCUT2D eigenvalue weighted by Gasteiger charge is 2.46. The van der Waals surface area contributed by atoms with Gasteiger partial charge in [-0.2, -0.15) is 0 Å².